The van der Waals surface area contributed by atoms with Crippen LogP contribution in [-0.2, 0) is 0 Å². The van der Waals surface area contributed by atoms with E-state index in [-0.39, 0.29) is 0 Å². The number of rotatable bonds is 1. The van der Waals surface area contributed by atoms with Crippen LogP contribution < -0.4 is 10.2 Å². The number of nitrogens with one attached hydrogen (secondary N) is 1. The first-order valence-corrected chi connectivity index (χ1v) is 5.69. The zero-order valence-corrected chi connectivity index (χ0v) is 9.06. The van der Waals surface area contributed by atoms with Gasteiger partial charge in [0.1, 0.15) is 17.6 Å². The van der Waals surface area contributed by atoms with Gasteiger partial charge in [-0.2, -0.15) is 5.26 Å². The third kappa shape index (κ3) is 1.54. The fraction of sp³-hybridized carbons (Fsp3) is 0.500. The van der Waals surface area contributed by atoms with Crippen molar-refractivity contribution in [2.75, 3.05) is 31.1 Å². The lowest BCUT2D eigenvalue weighted by molar-refractivity contribution is 0.533. The van der Waals surface area contributed by atoms with Gasteiger partial charge in [-0.3, -0.25) is 0 Å². The molecule has 1 aromatic heterocycles. The molecule has 3 rings (SSSR count). The number of nitriles is 1. The molecule has 4 heteroatoms. The predicted molar refractivity (Wildman–Crippen MR) is 61.0 cm³/mol. The second kappa shape index (κ2) is 3.76. The van der Waals surface area contributed by atoms with Crippen LogP contribution in [0.1, 0.15) is 5.69 Å². The quantitative estimate of drug-likeness (QED) is 0.744. The van der Waals surface area contributed by atoms with E-state index in [9.17, 15) is 0 Å². The Balaban J connectivity index is 1.81. The van der Waals surface area contributed by atoms with Crippen LogP contribution in [0.15, 0.2) is 18.2 Å². The Labute approximate surface area is 94.9 Å². The Morgan fingerprint density at radius 1 is 1.31 bits per heavy atom. The van der Waals surface area contributed by atoms with Crippen molar-refractivity contribution in [2.45, 2.75) is 0 Å². The van der Waals surface area contributed by atoms with Crippen LogP contribution in [0.5, 0.6) is 0 Å². The average molecular weight is 214 g/mol. The molecule has 2 atom stereocenters. The summed E-state index contributed by atoms with van der Waals surface area (Å²) < 4.78 is 0. The summed E-state index contributed by atoms with van der Waals surface area (Å²) in [6.07, 6.45) is 0. The molecule has 16 heavy (non-hydrogen) atoms. The van der Waals surface area contributed by atoms with E-state index in [1.807, 2.05) is 12.1 Å². The molecule has 2 unspecified atom stereocenters. The molecule has 0 amide bonds. The topological polar surface area (TPSA) is 52.0 Å². The van der Waals surface area contributed by atoms with E-state index in [1.165, 1.54) is 0 Å². The molecular weight excluding hydrogens is 200 g/mol. The first-order valence-electron chi connectivity index (χ1n) is 5.69. The largest absolute Gasteiger partial charge is 0.356 e. The van der Waals surface area contributed by atoms with Gasteiger partial charge in [-0.1, -0.05) is 6.07 Å². The van der Waals surface area contributed by atoms with Crippen LogP contribution in [0.4, 0.5) is 5.82 Å². The van der Waals surface area contributed by atoms with Gasteiger partial charge in [0.05, 0.1) is 0 Å². The molecule has 2 fully saturated rings. The van der Waals surface area contributed by atoms with Crippen LogP contribution in [0, 0.1) is 23.2 Å². The van der Waals surface area contributed by atoms with Crippen molar-refractivity contribution >= 4 is 5.82 Å². The standard InChI is InChI=1S/C12H14N4/c13-4-11-2-1-3-12(15-11)16-7-9-5-14-6-10(9)8-16/h1-3,9-10,14H,5-8H2. The molecule has 0 spiro atoms. The van der Waals surface area contributed by atoms with Crippen LogP contribution in [0.25, 0.3) is 0 Å². The van der Waals surface area contributed by atoms with E-state index >= 15 is 0 Å². The maximum absolute atomic E-state index is 8.83. The smallest absolute Gasteiger partial charge is 0.142 e. The summed E-state index contributed by atoms with van der Waals surface area (Å²) in [5.41, 5.74) is 0.507. The lowest BCUT2D eigenvalue weighted by atomic mass is 10.0. The highest BCUT2D eigenvalue weighted by Crippen LogP contribution is 2.29. The van der Waals surface area contributed by atoms with E-state index in [4.69, 9.17) is 5.26 Å². The highest BCUT2D eigenvalue weighted by Gasteiger charge is 2.36. The Morgan fingerprint density at radius 2 is 2.06 bits per heavy atom. The summed E-state index contributed by atoms with van der Waals surface area (Å²) in [5, 5.41) is 12.2. The van der Waals surface area contributed by atoms with Crippen molar-refractivity contribution in [3.05, 3.63) is 23.9 Å². The molecule has 4 nitrogen and oxygen atoms in total. The molecule has 0 aromatic carbocycles. The normalized spacial score (nSPS) is 27.8. The molecule has 0 saturated carbocycles. The van der Waals surface area contributed by atoms with Gasteiger partial charge in [0.25, 0.3) is 0 Å². The van der Waals surface area contributed by atoms with Gasteiger partial charge in [0.15, 0.2) is 0 Å². The van der Waals surface area contributed by atoms with Gasteiger partial charge in [0.2, 0.25) is 0 Å². The molecule has 0 radical (unpaired) electrons. The van der Waals surface area contributed by atoms with Crippen LogP contribution in [-0.4, -0.2) is 31.2 Å². The average Bonchev–Trinajstić information content (AvgIpc) is 2.89. The number of aromatic nitrogens is 1. The van der Waals surface area contributed by atoms with Crippen molar-refractivity contribution in [1.29, 1.82) is 5.26 Å². The molecule has 0 bridgehead atoms. The van der Waals surface area contributed by atoms with Crippen molar-refractivity contribution < 1.29 is 0 Å². The SMILES string of the molecule is N#Cc1cccc(N2CC3CNCC3C2)n1. The summed E-state index contributed by atoms with van der Waals surface area (Å²) in [7, 11) is 0. The lowest BCUT2D eigenvalue weighted by Gasteiger charge is -2.18. The summed E-state index contributed by atoms with van der Waals surface area (Å²) in [6, 6.07) is 7.75. The van der Waals surface area contributed by atoms with Crippen molar-refractivity contribution in [3.8, 4) is 6.07 Å². The van der Waals surface area contributed by atoms with Gasteiger partial charge < -0.3 is 10.2 Å². The van der Waals surface area contributed by atoms with Gasteiger partial charge in [-0.15, -0.1) is 0 Å². The van der Waals surface area contributed by atoms with E-state index in [0.29, 0.717) is 5.69 Å². The summed E-state index contributed by atoms with van der Waals surface area (Å²) in [5.74, 6) is 2.47. The van der Waals surface area contributed by atoms with Crippen molar-refractivity contribution in [1.82, 2.24) is 10.3 Å². The van der Waals surface area contributed by atoms with Crippen molar-refractivity contribution in [2.24, 2.45) is 11.8 Å². The molecule has 3 heterocycles. The van der Waals surface area contributed by atoms with Gasteiger partial charge in [0, 0.05) is 26.2 Å². The van der Waals surface area contributed by atoms with Crippen molar-refractivity contribution in [3.63, 3.8) is 0 Å². The fourth-order valence-electron chi connectivity index (χ4n) is 2.70. The zero-order chi connectivity index (χ0) is 11.0. The molecule has 0 aliphatic carbocycles. The number of fused-ring (bicyclic) bond motifs is 1. The first kappa shape index (κ1) is 9.61. The number of hydrogen-bond acceptors (Lipinski definition) is 4. The van der Waals surface area contributed by atoms with Gasteiger partial charge in [-0.25, -0.2) is 4.98 Å². The van der Waals surface area contributed by atoms with Gasteiger partial charge >= 0.3 is 0 Å². The molecular formula is C12H14N4. The van der Waals surface area contributed by atoms with E-state index < -0.39 is 0 Å². The Bertz CT molecular complexity index is 425. The molecule has 2 aliphatic rings. The van der Waals surface area contributed by atoms with Crippen LogP contribution in [0.2, 0.25) is 0 Å². The monoisotopic (exact) mass is 214 g/mol. The van der Waals surface area contributed by atoms with E-state index in [1.54, 1.807) is 6.07 Å². The highest BCUT2D eigenvalue weighted by molar-refractivity contribution is 5.43. The number of nitrogens with zero attached hydrogens (tertiary/aromatic N) is 3. The zero-order valence-electron chi connectivity index (χ0n) is 9.06. The number of anilines is 1. The number of hydrogen-bond donors (Lipinski definition) is 1. The lowest BCUT2D eigenvalue weighted by Crippen LogP contribution is -2.26. The molecule has 1 N–H and O–H groups in total. The summed E-state index contributed by atoms with van der Waals surface area (Å²) in [4.78, 5) is 6.65. The molecule has 1 aromatic rings. The molecule has 82 valence electrons. The minimum absolute atomic E-state index is 0.507. The molecule has 2 saturated heterocycles. The maximum Gasteiger partial charge on any atom is 0.142 e. The number of pyridine rings is 1. The maximum atomic E-state index is 8.83. The van der Waals surface area contributed by atoms with Crippen LogP contribution in [0.3, 0.4) is 0 Å². The minimum Gasteiger partial charge on any atom is -0.356 e. The van der Waals surface area contributed by atoms with Crippen LogP contribution >= 0.6 is 0 Å². The summed E-state index contributed by atoms with van der Waals surface area (Å²) in [6.45, 7) is 4.39. The summed E-state index contributed by atoms with van der Waals surface area (Å²) >= 11 is 0. The van der Waals surface area contributed by atoms with E-state index in [2.05, 4.69) is 21.3 Å². The second-order valence-corrected chi connectivity index (χ2v) is 4.58. The molecule has 2 aliphatic heterocycles. The first-order chi connectivity index (χ1) is 7.86. The third-order valence-electron chi connectivity index (χ3n) is 3.56. The van der Waals surface area contributed by atoms with E-state index in [0.717, 1.165) is 43.8 Å². The predicted octanol–water partition coefficient (Wildman–Crippen LogP) is 0.609. The Hall–Kier alpha value is -1.60. The van der Waals surface area contributed by atoms with Gasteiger partial charge in [-0.05, 0) is 24.0 Å². The minimum atomic E-state index is 0.507. The third-order valence-corrected chi connectivity index (χ3v) is 3.56. The highest BCUT2D eigenvalue weighted by atomic mass is 15.2. The fourth-order valence-corrected chi connectivity index (χ4v) is 2.70. The Kier molecular flexibility index (Phi) is 2.26. The Morgan fingerprint density at radius 3 is 2.75 bits per heavy atom. The second-order valence-electron chi connectivity index (χ2n) is 4.58.